The van der Waals surface area contributed by atoms with Crippen LogP contribution in [0.15, 0.2) is 41.7 Å². The van der Waals surface area contributed by atoms with Gasteiger partial charge >= 0.3 is 6.55 Å². The molecule has 0 spiro atoms. The molecule has 0 saturated heterocycles. The van der Waals surface area contributed by atoms with Crippen molar-refractivity contribution < 1.29 is 13.6 Å². The Morgan fingerprint density at radius 1 is 1.35 bits per heavy atom. The number of amides is 1. The number of alkyl halides is 2. The van der Waals surface area contributed by atoms with E-state index in [1.54, 1.807) is 20.2 Å². The van der Waals surface area contributed by atoms with Crippen LogP contribution in [0, 0.1) is 0 Å². The van der Waals surface area contributed by atoms with E-state index in [1.165, 1.54) is 12.4 Å². The van der Waals surface area contributed by atoms with Crippen molar-refractivity contribution in [1.82, 2.24) is 25.5 Å². The van der Waals surface area contributed by atoms with Crippen LogP contribution in [-0.2, 0) is 13.0 Å². The average molecular weight is 364 g/mol. The third-order valence-electron chi connectivity index (χ3n) is 3.72. The summed E-state index contributed by atoms with van der Waals surface area (Å²) in [5, 5.41) is 8.65. The lowest BCUT2D eigenvalue weighted by atomic mass is 10.1. The number of carbonyl (C=O) groups is 1. The highest BCUT2D eigenvalue weighted by atomic mass is 19.3. The van der Waals surface area contributed by atoms with Crippen molar-refractivity contribution in [1.29, 1.82) is 0 Å². The third-order valence-corrected chi connectivity index (χ3v) is 3.72. The summed E-state index contributed by atoms with van der Waals surface area (Å²) in [6.45, 7) is -1.93. The predicted molar refractivity (Wildman–Crippen MR) is 95.2 cm³/mol. The molecule has 0 aliphatic carbocycles. The summed E-state index contributed by atoms with van der Waals surface area (Å²) in [6, 6.07) is 7.35. The molecule has 0 unspecified atom stereocenters. The SMILES string of the molecule is CN=C(NCCc1cccc(C(=O)NC)c1)NCc1nccn1C(F)F. The van der Waals surface area contributed by atoms with Crippen LogP contribution in [0.1, 0.15) is 28.3 Å². The van der Waals surface area contributed by atoms with Gasteiger partial charge in [0, 0.05) is 38.6 Å². The van der Waals surface area contributed by atoms with Crippen molar-refractivity contribution in [3.05, 3.63) is 53.6 Å². The molecule has 2 aromatic rings. The minimum Gasteiger partial charge on any atom is -0.356 e. The standard InChI is InChI=1S/C17H22F2N6O/c1-20-15(26)13-5-3-4-12(10-13)6-7-23-17(21-2)24-11-14-22-8-9-25(14)16(18)19/h3-5,8-10,16H,6-7,11H2,1-2H3,(H,20,26)(H2,21,23,24). The minimum absolute atomic E-state index is 0.128. The number of aliphatic imine (C=N–C) groups is 1. The molecule has 0 aliphatic heterocycles. The van der Waals surface area contributed by atoms with Gasteiger partial charge in [0.25, 0.3) is 5.91 Å². The fourth-order valence-electron chi connectivity index (χ4n) is 2.38. The molecular formula is C17H22F2N6O. The van der Waals surface area contributed by atoms with Gasteiger partial charge in [-0.15, -0.1) is 0 Å². The fraction of sp³-hybridized carbons (Fsp3) is 0.353. The van der Waals surface area contributed by atoms with Crippen LogP contribution in [0.25, 0.3) is 0 Å². The van der Waals surface area contributed by atoms with Crippen molar-refractivity contribution in [2.24, 2.45) is 4.99 Å². The second kappa shape index (κ2) is 9.50. The van der Waals surface area contributed by atoms with Gasteiger partial charge in [0.05, 0.1) is 6.54 Å². The number of hydrogen-bond donors (Lipinski definition) is 3. The lowest BCUT2D eigenvalue weighted by molar-refractivity contribution is 0.0668. The molecule has 1 amide bonds. The molecule has 0 radical (unpaired) electrons. The maximum absolute atomic E-state index is 12.8. The summed E-state index contributed by atoms with van der Waals surface area (Å²) >= 11 is 0. The number of rotatable bonds is 7. The van der Waals surface area contributed by atoms with Crippen LogP contribution in [-0.4, -0.2) is 42.1 Å². The second-order valence-electron chi connectivity index (χ2n) is 5.41. The van der Waals surface area contributed by atoms with Gasteiger partial charge in [-0.25, -0.2) is 4.98 Å². The number of guanidine groups is 1. The molecule has 0 aliphatic rings. The monoisotopic (exact) mass is 364 g/mol. The van der Waals surface area contributed by atoms with Gasteiger partial charge in [-0.3, -0.25) is 14.4 Å². The van der Waals surface area contributed by atoms with E-state index in [-0.39, 0.29) is 18.3 Å². The summed E-state index contributed by atoms with van der Waals surface area (Å²) < 4.78 is 26.4. The van der Waals surface area contributed by atoms with Crippen LogP contribution in [0.2, 0.25) is 0 Å². The Hall–Kier alpha value is -2.97. The first-order valence-corrected chi connectivity index (χ1v) is 8.10. The number of nitrogens with zero attached hydrogens (tertiary/aromatic N) is 3. The number of benzene rings is 1. The molecule has 1 aromatic heterocycles. The Bertz CT molecular complexity index is 759. The number of nitrogens with one attached hydrogen (secondary N) is 3. The second-order valence-corrected chi connectivity index (χ2v) is 5.41. The van der Waals surface area contributed by atoms with Crippen LogP contribution in [0.4, 0.5) is 8.78 Å². The number of halogens is 2. The highest BCUT2D eigenvalue weighted by Crippen LogP contribution is 2.11. The first-order chi connectivity index (χ1) is 12.5. The highest BCUT2D eigenvalue weighted by molar-refractivity contribution is 5.94. The summed E-state index contributed by atoms with van der Waals surface area (Å²) in [5.41, 5.74) is 1.61. The van der Waals surface area contributed by atoms with E-state index >= 15 is 0 Å². The first kappa shape index (κ1) is 19.4. The molecule has 7 nitrogen and oxygen atoms in total. The molecule has 1 heterocycles. The van der Waals surface area contributed by atoms with Gasteiger partial charge in [-0.1, -0.05) is 12.1 Å². The summed E-state index contributed by atoms with van der Waals surface area (Å²) in [7, 11) is 3.19. The molecular weight excluding hydrogens is 342 g/mol. The topological polar surface area (TPSA) is 83.3 Å². The Kier molecular flexibility index (Phi) is 7.07. The van der Waals surface area contributed by atoms with Crippen LogP contribution < -0.4 is 16.0 Å². The number of imidazole rings is 1. The molecule has 0 atom stereocenters. The van der Waals surface area contributed by atoms with Crippen molar-refractivity contribution >= 4 is 11.9 Å². The normalized spacial score (nSPS) is 11.5. The lowest BCUT2D eigenvalue weighted by Crippen LogP contribution is -2.38. The van der Waals surface area contributed by atoms with Gasteiger partial charge in [0.2, 0.25) is 0 Å². The zero-order valence-corrected chi connectivity index (χ0v) is 14.7. The Morgan fingerprint density at radius 3 is 2.85 bits per heavy atom. The molecule has 0 bridgehead atoms. The maximum Gasteiger partial charge on any atom is 0.319 e. The Morgan fingerprint density at radius 2 is 2.15 bits per heavy atom. The molecule has 26 heavy (non-hydrogen) atoms. The van der Waals surface area contributed by atoms with Gasteiger partial charge < -0.3 is 16.0 Å². The van der Waals surface area contributed by atoms with E-state index in [0.29, 0.717) is 24.5 Å². The number of aromatic nitrogens is 2. The summed E-state index contributed by atoms with van der Waals surface area (Å²) in [5.74, 6) is 0.573. The molecule has 0 fully saturated rings. The van der Waals surface area contributed by atoms with E-state index in [2.05, 4.69) is 25.9 Å². The zero-order valence-electron chi connectivity index (χ0n) is 14.7. The van der Waals surface area contributed by atoms with Crippen molar-refractivity contribution in [2.45, 2.75) is 19.5 Å². The van der Waals surface area contributed by atoms with E-state index in [0.717, 1.165) is 10.1 Å². The van der Waals surface area contributed by atoms with Gasteiger partial charge in [-0.05, 0) is 24.1 Å². The minimum atomic E-state index is -2.63. The third kappa shape index (κ3) is 5.27. The molecule has 2 rings (SSSR count). The number of hydrogen-bond acceptors (Lipinski definition) is 3. The summed E-state index contributed by atoms with van der Waals surface area (Å²) in [6.07, 6.45) is 3.24. The van der Waals surface area contributed by atoms with Crippen molar-refractivity contribution in [2.75, 3.05) is 20.6 Å². The van der Waals surface area contributed by atoms with Crippen LogP contribution in [0.3, 0.4) is 0 Å². The van der Waals surface area contributed by atoms with E-state index in [4.69, 9.17) is 0 Å². The van der Waals surface area contributed by atoms with E-state index in [1.807, 2.05) is 18.2 Å². The van der Waals surface area contributed by atoms with E-state index in [9.17, 15) is 13.6 Å². The largest absolute Gasteiger partial charge is 0.356 e. The molecule has 3 N–H and O–H groups in total. The fourth-order valence-corrected chi connectivity index (χ4v) is 2.38. The van der Waals surface area contributed by atoms with Crippen molar-refractivity contribution in [3.8, 4) is 0 Å². The van der Waals surface area contributed by atoms with Gasteiger partial charge in [0.15, 0.2) is 5.96 Å². The quantitative estimate of drug-likeness (QED) is 0.514. The van der Waals surface area contributed by atoms with Gasteiger partial charge in [0.1, 0.15) is 5.82 Å². The van der Waals surface area contributed by atoms with E-state index < -0.39 is 6.55 Å². The lowest BCUT2D eigenvalue weighted by Gasteiger charge is -2.13. The molecule has 0 saturated carbocycles. The smallest absolute Gasteiger partial charge is 0.319 e. The first-order valence-electron chi connectivity index (χ1n) is 8.10. The van der Waals surface area contributed by atoms with Crippen LogP contribution >= 0.6 is 0 Å². The highest BCUT2D eigenvalue weighted by Gasteiger charge is 2.11. The Balaban J connectivity index is 1.84. The zero-order chi connectivity index (χ0) is 18.9. The summed E-state index contributed by atoms with van der Waals surface area (Å²) in [4.78, 5) is 19.6. The van der Waals surface area contributed by atoms with Crippen LogP contribution in [0.5, 0.6) is 0 Å². The average Bonchev–Trinajstić information content (AvgIpc) is 3.13. The van der Waals surface area contributed by atoms with Gasteiger partial charge in [-0.2, -0.15) is 8.78 Å². The van der Waals surface area contributed by atoms with Crippen molar-refractivity contribution in [3.63, 3.8) is 0 Å². The Labute approximate surface area is 150 Å². The molecule has 140 valence electrons. The number of carbonyl (C=O) groups excluding carboxylic acids is 1. The predicted octanol–water partition coefficient (Wildman–Crippen LogP) is 1.55. The molecule has 9 heteroatoms. The molecule has 1 aromatic carbocycles. The maximum atomic E-state index is 12.8.